The number of hydrogen-bond donors (Lipinski definition) is 4. The van der Waals surface area contributed by atoms with Gasteiger partial charge in [0, 0.05) is 12.0 Å². The van der Waals surface area contributed by atoms with Crippen LogP contribution < -0.4 is 0 Å². The van der Waals surface area contributed by atoms with Gasteiger partial charge >= 0.3 is 0 Å². The van der Waals surface area contributed by atoms with E-state index in [9.17, 15) is 10.2 Å². The van der Waals surface area contributed by atoms with E-state index in [0.717, 1.165) is 0 Å². The predicted octanol–water partition coefficient (Wildman–Crippen LogP) is -0.780. The Labute approximate surface area is 88.9 Å². The molecule has 0 fully saturated rings. The van der Waals surface area contributed by atoms with Crippen LogP contribution in [0.15, 0.2) is 0 Å². The molecule has 1 unspecified atom stereocenters. The summed E-state index contributed by atoms with van der Waals surface area (Å²) in [7, 11) is 0. The molecule has 0 saturated carbocycles. The zero-order valence-corrected chi connectivity index (χ0v) is 9.31. The van der Waals surface area contributed by atoms with Gasteiger partial charge in [-0.15, -0.1) is 0 Å². The highest BCUT2D eigenvalue weighted by atomic mass is 79.9. The fourth-order valence-electron chi connectivity index (χ4n) is 0.595. The Morgan fingerprint density at radius 1 is 1.00 bits per heavy atom. The van der Waals surface area contributed by atoms with Gasteiger partial charge in [0.2, 0.25) is 0 Å². The summed E-state index contributed by atoms with van der Waals surface area (Å²) in [6, 6.07) is 0. The molecule has 0 aliphatic carbocycles. The highest BCUT2D eigenvalue weighted by Gasteiger charge is 2.28. The first-order valence-electron chi connectivity index (χ1n) is 3.84. The molecule has 4 nitrogen and oxygen atoms in total. The Morgan fingerprint density at radius 2 is 1.42 bits per heavy atom. The summed E-state index contributed by atoms with van der Waals surface area (Å²) in [5, 5.41) is 35.6. The molecule has 0 amide bonds. The van der Waals surface area contributed by atoms with Crippen molar-refractivity contribution >= 4 is 31.9 Å². The molecule has 4 N–H and O–H groups in total. The normalized spacial score (nSPS) is 25.3. The lowest BCUT2D eigenvalue weighted by atomic mass is 10.1. The van der Waals surface area contributed by atoms with Crippen LogP contribution in [0.25, 0.3) is 0 Å². The van der Waals surface area contributed by atoms with Gasteiger partial charge in [-0.1, -0.05) is 31.9 Å². The maximum atomic E-state index is 9.23. The minimum Gasteiger partial charge on any atom is -0.389 e. The topological polar surface area (TPSA) is 80.9 Å². The van der Waals surface area contributed by atoms with E-state index in [-0.39, 0.29) is 5.33 Å². The third kappa shape index (κ3) is 3.68. The molecule has 0 aromatic carbocycles. The number of aliphatic hydroxyl groups excluding tert-OH is 4. The van der Waals surface area contributed by atoms with Gasteiger partial charge in [-0.25, -0.2) is 0 Å². The van der Waals surface area contributed by atoms with Crippen LogP contribution in [0.2, 0.25) is 0 Å². The van der Waals surface area contributed by atoms with E-state index in [1.807, 2.05) is 0 Å². The fraction of sp³-hybridized carbons (Fsp3) is 1.00. The summed E-state index contributed by atoms with van der Waals surface area (Å²) >= 11 is 5.64. The van der Waals surface area contributed by atoms with Gasteiger partial charge in [0.15, 0.2) is 0 Å². The van der Waals surface area contributed by atoms with Gasteiger partial charge in [-0.2, -0.15) is 0 Å². The maximum Gasteiger partial charge on any atom is 0.109 e. The first-order valence-corrected chi connectivity index (χ1v) is 5.30. The smallest absolute Gasteiger partial charge is 0.109 e. The second-order valence-corrected chi connectivity index (χ2v) is 3.50. The van der Waals surface area contributed by atoms with E-state index in [1.54, 1.807) is 0 Å². The standard InChI is InChI=1S/C6H12Br2O4/c7-1-3(9)5(11)6(12)4(10)2-8/h3-6,9-12H,1-2H2/t3-,4-,5-,6-/m1/s1/i1D/t1?,3-,4-,5-,6-. The molecule has 0 aliphatic rings. The minimum atomic E-state index is -1.55. The van der Waals surface area contributed by atoms with Gasteiger partial charge in [0.05, 0.1) is 12.2 Å². The summed E-state index contributed by atoms with van der Waals surface area (Å²) in [5.41, 5.74) is 0. The van der Waals surface area contributed by atoms with Gasteiger partial charge < -0.3 is 20.4 Å². The number of hydrogen-bond acceptors (Lipinski definition) is 4. The highest BCUT2D eigenvalue weighted by molar-refractivity contribution is 9.09. The largest absolute Gasteiger partial charge is 0.389 e. The molecule has 0 aliphatic heterocycles. The van der Waals surface area contributed by atoms with Crippen molar-refractivity contribution in [1.82, 2.24) is 0 Å². The predicted molar refractivity (Wildman–Crippen MR) is 51.6 cm³/mol. The zero-order valence-electron chi connectivity index (χ0n) is 7.14. The summed E-state index contributed by atoms with van der Waals surface area (Å²) < 4.78 is 7.01. The molecule has 0 spiro atoms. The zero-order chi connectivity index (χ0) is 10.6. The highest BCUT2D eigenvalue weighted by Crippen LogP contribution is 2.08. The van der Waals surface area contributed by atoms with Crippen molar-refractivity contribution in [2.75, 3.05) is 10.6 Å². The number of aliphatic hydroxyl groups is 4. The molecule has 12 heavy (non-hydrogen) atoms. The van der Waals surface area contributed by atoms with Crippen molar-refractivity contribution in [3.63, 3.8) is 0 Å². The molecule has 0 rings (SSSR count). The van der Waals surface area contributed by atoms with Gasteiger partial charge in [-0.3, -0.25) is 0 Å². The Hall–Kier alpha value is 0.800. The van der Waals surface area contributed by atoms with Crippen LogP contribution >= 0.6 is 31.9 Å². The molecule has 74 valence electrons. The number of alkyl halides is 2. The SMILES string of the molecule is [2H]C(Br)[C@@H](O)[C@@H](O)[C@H](O)[C@H](O)CBr. The second-order valence-electron chi connectivity index (χ2n) is 2.32. The third-order valence-electron chi connectivity index (χ3n) is 1.38. The monoisotopic (exact) mass is 307 g/mol. The van der Waals surface area contributed by atoms with E-state index in [4.69, 9.17) is 11.6 Å². The van der Waals surface area contributed by atoms with Gasteiger partial charge in [0.1, 0.15) is 12.2 Å². The summed E-state index contributed by atoms with van der Waals surface area (Å²) in [5.74, 6) is 0. The van der Waals surface area contributed by atoms with Crippen LogP contribution in [0.5, 0.6) is 0 Å². The Morgan fingerprint density at radius 3 is 1.75 bits per heavy atom. The van der Waals surface area contributed by atoms with Crippen LogP contribution in [0.1, 0.15) is 1.37 Å². The molecular weight excluding hydrogens is 296 g/mol. The van der Waals surface area contributed by atoms with Crippen molar-refractivity contribution in [3.05, 3.63) is 0 Å². The van der Waals surface area contributed by atoms with Gasteiger partial charge in [-0.05, 0) is 0 Å². The Kier molecular flexibility index (Phi) is 5.70. The Balaban J connectivity index is 4.15. The first kappa shape index (κ1) is 10.9. The molecule has 0 radical (unpaired) electrons. The number of halogens is 2. The van der Waals surface area contributed by atoms with E-state index in [0.29, 0.717) is 0 Å². The summed E-state index contributed by atoms with van der Waals surface area (Å²) in [6.07, 6.45) is -5.63. The molecular formula is C6H12Br2O4. The summed E-state index contributed by atoms with van der Waals surface area (Å²) in [4.78, 5) is 0. The molecule has 6 heteroatoms. The van der Waals surface area contributed by atoms with Crippen LogP contribution in [0.4, 0.5) is 0 Å². The average molecular weight is 309 g/mol. The molecule has 0 bridgehead atoms. The van der Waals surface area contributed by atoms with Crippen molar-refractivity contribution in [3.8, 4) is 0 Å². The van der Waals surface area contributed by atoms with Gasteiger partial charge in [0.25, 0.3) is 0 Å². The van der Waals surface area contributed by atoms with E-state index >= 15 is 0 Å². The lowest BCUT2D eigenvalue weighted by Gasteiger charge is -2.24. The molecule has 5 atom stereocenters. The summed E-state index contributed by atoms with van der Waals surface area (Å²) in [6.45, 7) is 0. The third-order valence-corrected chi connectivity index (χ3v) is 2.59. The van der Waals surface area contributed by atoms with E-state index in [1.165, 1.54) is 0 Å². The molecule has 0 saturated heterocycles. The lowest BCUT2D eigenvalue weighted by Crippen LogP contribution is -2.45. The van der Waals surface area contributed by atoms with Crippen molar-refractivity contribution < 1.29 is 21.8 Å². The van der Waals surface area contributed by atoms with Crippen LogP contribution in [-0.4, -0.2) is 55.5 Å². The van der Waals surface area contributed by atoms with Crippen LogP contribution in [0, 0.1) is 0 Å². The van der Waals surface area contributed by atoms with Crippen molar-refractivity contribution in [2.45, 2.75) is 24.4 Å². The molecule has 0 aromatic heterocycles. The maximum absolute atomic E-state index is 9.23. The van der Waals surface area contributed by atoms with Crippen LogP contribution in [0.3, 0.4) is 0 Å². The number of rotatable bonds is 5. The fourth-order valence-corrected chi connectivity index (χ4v) is 1.29. The van der Waals surface area contributed by atoms with E-state index in [2.05, 4.69) is 31.9 Å². The van der Waals surface area contributed by atoms with E-state index < -0.39 is 29.7 Å². The first-order chi connectivity index (χ1) is 5.91. The van der Waals surface area contributed by atoms with Crippen LogP contribution in [-0.2, 0) is 0 Å². The van der Waals surface area contributed by atoms with Crippen molar-refractivity contribution in [2.24, 2.45) is 0 Å². The molecule has 0 aromatic rings. The van der Waals surface area contributed by atoms with Crippen molar-refractivity contribution in [1.29, 1.82) is 0 Å². The average Bonchev–Trinajstić information content (AvgIpc) is 2.12. The Bertz CT molecular complexity index is 149. The lowest BCUT2D eigenvalue weighted by molar-refractivity contribution is -0.0916. The molecule has 0 heterocycles. The second kappa shape index (κ2) is 6.28. The quantitative estimate of drug-likeness (QED) is 0.502. The minimum absolute atomic E-state index is 0.0862.